The second-order valence-corrected chi connectivity index (χ2v) is 5.98. The molecule has 0 heterocycles. The third kappa shape index (κ3) is 2.91. The minimum atomic E-state index is -0.229. The highest BCUT2D eigenvalue weighted by Crippen LogP contribution is 2.39. The van der Waals surface area contributed by atoms with Crippen LogP contribution in [0, 0.1) is 0 Å². The molecule has 2 rings (SSSR count). The molecule has 1 aliphatic carbocycles. The average Bonchev–Trinajstić information content (AvgIpc) is 2.43. The molecule has 1 atom stereocenters. The Morgan fingerprint density at radius 3 is 2.45 bits per heavy atom. The summed E-state index contributed by atoms with van der Waals surface area (Å²) in [5.74, 6) is 0.756. The van der Waals surface area contributed by atoms with E-state index in [1.54, 1.807) is 0 Å². The van der Waals surface area contributed by atoms with Crippen LogP contribution in [-0.2, 0) is 4.74 Å². The second kappa shape index (κ2) is 6.73. The fourth-order valence-corrected chi connectivity index (χ4v) is 3.32. The zero-order valence-corrected chi connectivity index (χ0v) is 13.2. The van der Waals surface area contributed by atoms with Gasteiger partial charge in [0.25, 0.3) is 0 Å². The molecule has 0 spiro atoms. The molecule has 0 saturated heterocycles. The summed E-state index contributed by atoms with van der Waals surface area (Å²) in [7, 11) is 0. The minimum Gasteiger partial charge on any atom is -0.373 e. The topological polar surface area (TPSA) is 35.2 Å². The Hall–Kier alpha value is -0.860. The van der Waals surface area contributed by atoms with Gasteiger partial charge < -0.3 is 10.5 Å². The lowest BCUT2D eigenvalue weighted by Crippen LogP contribution is -2.43. The first kappa shape index (κ1) is 15.5. The number of hydrogen-bond acceptors (Lipinski definition) is 2. The van der Waals surface area contributed by atoms with Crippen molar-refractivity contribution >= 4 is 0 Å². The van der Waals surface area contributed by atoms with E-state index in [4.69, 9.17) is 10.5 Å². The van der Waals surface area contributed by atoms with Crippen LogP contribution >= 0.6 is 0 Å². The van der Waals surface area contributed by atoms with Gasteiger partial charge in [-0.1, -0.05) is 44.5 Å². The summed E-state index contributed by atoms with van der Waals surface area (Å²) in [5.41, 5.74) is 9.04. The Morgan fingerprint density at radius 1 is 1.25 bits per heavy atom. The fourth-order valence-electron chi connectivity index (χ4n) is 3.32. The Labute approximate surface area is 123 Å². The van der Waals surface area contributed by atoms with Crippen LogP contribution in [0.1, 0.15) is 76.0 Å². The smallest absolute Gasteiger partial charge is 0.0868 e. The molecule has 1 fully saturated rings. The van der Waals surface area contributed by atoms with Gasteiger partial charge in [0.15, 0.2) is 0 Å². The van der Waals surface area contributed by atoms with Crippen molar-refractivity contribution in [2.24, 2.45) is 5.73 Å². The second-order valence-electron chi connectivity index (χ2n) is 5.98. The lowest BCUT2D eigenvalue weighted by Gasteiger charge is -2.38. The first-order valence-electron chi connectivity index (χ1n) is 8.16. The summed E-state index contributed by atoms with van der Waals surface area (Å²) in [6.45, 7) is 7.12. The largest absolute Gasteiger partial charge is 0.373 e. The molecule has 1 saturated carbocycles. The van der Waals surface area contributed by atoms with Crippen molar-refractivity contribution in [3.05, 3.63) is 35.4 Å². The summed E-state index contributed by atoms with van der Waals surface area (Å²) >= 11 is 0. The van der Waals surface area contributed by atoms with Crippen molar-refractivity contribution in [3.63, 3.8) is 0 Å². The highest BCUT2D eigenvalue weighted by molar-refractivity contribution is 5.31. The first-order chi connectivity index (χ1) is 9.66. The maximum absolute atomic E-state index is 6.58. The van der Waals surface area contributed by atoms with Crippen LogP contribution in [0.2, 0.25) is 0 Å². The summed E-state index contributed by atoms with van der Waals surface area (Å²) in [6, 6.07) is 8.84. The normalized spacial score (nSPS) is 17.8. The number of rotatable bonds is 7. The number of ether oxygens (including phenoxy) is 1. The molecule has 0 bridgehead atoms. The van der Waals surface area contributed by atoms with Crippen molar-refractivity contribution < 1.29 is 4.74 Å². The summed E-state index contributed by atoms with van der Waals surface area (Å²) < 4.78 is 6.06. The van der Waals surface area contributed by atoms with E-state index in [0.717, 1.165) is 25.4 Å². The average molecular weight is 275 g/mol. The molecule has 1 aromatic carbocycles. The predicted octanol–water partition coefficient (Wildman–Crippen LogP) is 4.55. The standard InChI is InChI=1S/C18H29NO/c1-4-18(5-2,20-6-3)17(19)16-12-8-11-15(13-16)14-9-7-10-14/h8,11-14,17H,4-7,9-10,19H2,1-3H3. The molecule has 2 heteroatoms. The number of nitrogens with two attached hydrogens (primary N) is 1. The maximum atomic E-state index is 6.58. The van der Waals surface area contributed by atoms with E-state index in [1.807, 2.05) is 0 Å². The fraction of sp³-hybridized carbons (Fsp3) is 0.667. The van der Waals surface area contributed by atoms with Crippen LogP contribution in [0.3, 0.4) is 0 Å². The molecule has 2 nitrogen and oxygen atoms in total. The summed E-state index contributed by atoms with van der Waals surface area (Å²) in [6.07, 6.45) is 5.93. The van der Waals surface area contributed by atoms with Gasteiger partial charge in [-0.05, 0) is 49.7 Å². The van der Waals surface area contributed by atoms with Crippen LogP contribution in [-0.4, -0.2) is 12.2 Å². The van der Waals surface area contributed by atoms with Crippen molar-refractivity contribution in [1.82, 2.24) is 0 Å². The van der Waals surface area contributed by atoms with Gasteiger partial charge in [-0.15, -0.1) is 0 Å². The van der Waals surface area contributed by atoms with Crippen LogP contribution < -0.4 is 5.73 Å². The number of benzene rings is 1. The lowest BCUT2D eigenvalue weighted by atomic mass is 9.78. The van der Waals surface area contributed by atoms with Gasteiger partial charge >= 0.3 is 0 Å². The van der Waals surface area contributed by atoms with E-state index in [0.29, 0.717) is 0 Å². The highest BCUT2D eigenvalue weighted by Gasteiger charge is 2.35. The van der Waals surface area contributed by atoms with E-state index in [9.17, 15) is 0 Å². The molecule has 2 N–H and O–H groups in total. The minimum absolute atomic E-state index is 0.0440. The Morgan fingerprint density at radius 2 is 1.95 bits per heavy atom. The molecule has 1 aliphatic rings. The van der Waals surface area contributed by atoms with Gasteiger partial charge in [0, 0.05) is 6.61 Å². The van der Waals surface area contributed by atoms with E-state index < -0.39 is 0 Å². The van der Waals surface area contributed by atoms with Crippen molar-refractivity contribution in [3.8, 4) is 0 Å². The van der Waals surface area contributed by atoms with Crippen LogP contribution in [0.25, 0.3) is 0 Å². The van der Waals surface area contributed by atoms with Gasteiger partial charge in [0.2, 0.25) is 0 Å². The zero-order valence-electron chi connectivity index (χ0n) is 13.2. The van der Waals surface area contributed by atoms with Gasteiger partial charge in [-0.2, -0.15) is 0 Å². The molecule has 112 valence electrons. The SMILES string of the molecule is CCOC(CC)(CC)C(N)c1cccc(C2CCC2)c1. The van der Waals surface area contributed by atoms with Gasteiger partial charge in [-0.3, -0.25) is 0 Å². The van der Waals surface area contributed by atoms with E-state index in [2.05, 4.69) is 45.0 Å². The summed E-state index contributed by atoms with van der Waals surface area (Å²) in [4.78, 5) is 0. The number of hydrogen-bond donors (Lipinski definition) is 1. The summed E-state index contributed by atoms with van der Waals surface area (Å²) in [5, 5.41) is 0. The molecular formula is C18H29NO. The van der Waals surface area contributed by atoms with Crippen LogP contribution in [0.4, 0.5) is 0 Å². The van der Waals surface area contributed by atoms with E-state index in [-0.39, 0.29) is 11.6 Å². The Kier molecular flexibility index (Phi) is 5.22. The molecule has 1 aromatic rings. The van der Waals surface area contributed by atoms with Crippen LogP contribution in [0.15, 0.2) is 24.3 Å². The molecule has 0 amide bonds. The first-order valence-corrected chi connectivity index (χ1v) is 8.16. The predicted molar refractivity (Wildman–Crippen MR) is 84.9 cm³/mol. The lowest BCUT2D eigenvalue weighted by molar-refractivity contribution is -0.0645. The third-order valence-electron chi connectivity index (χ3n) is 5.04. The molecule has 20 heavy (non-hydrogen) atoms. The Balaban J connectivity index is 2.23. The molecule has 0 aromatic heterocycles. The molecule has 0 radical (unpaired) electrons. The van der Waals surface area contributed by atoms with Gasteiger partial charge in [0.05, 0.1) is 11.6 Å². The van der Waals surface area contributed by atoms with Gasteiger partial charge in [0.1, 0.15) is 0 Å². The van der Waals surface area contributed by atoms with Gasteiger partial charge in [-0.25, -0.2) is 0 Å². The van der Waals surface area contributed by atoms with Crippen molar-refractivity contribution in [2.75, 3.05) is 6.61 Å². The van der Waals surface area contributed by atoms with Crippen molar-refractivity contribution in [2.45, 2.75) is 70.4 Å². The monoisotopic (exact) mass is 275 g/mol. The van der Waals surface area contributed by atoms with E-state index in [1.165, 1.54) is 30.4 Å². The van der Waals surface area contributed by atoms with Crippen molar-refractivity contribution in [1.29, 1.82) is 0 Å². The van der Waals surface area contributed by atoms with E-state index >= 15 is 0 Å². The Bertz CT molecular complexity index is 421. The zero-order chi connectivity index (χ0) is 14.6. The quantitative estimate of drug-likeness (QED) is 0.792. The molecule has 0 aliphatic heterocycles. The third-order valence-corrected chi connectivity index (χ3v) is 5.04. The van der Waals surface area contributed by atoms with Crippen LogP contribution in [0.5, 0.6) is 0 Å². The molecule has 1 unspecified atom stereocenters. The highest BCUT2D eigenvalue weighted by atomic mass is 16.5. The molecular weight excluding hydrogens is 246 g/mol. The maximum Gasteiger partial charge on any atom is 0.0868 e.